The van der Waals surface area contributed by atoms with Crippen LogP contribution in [0.5, 0.6) is 0 Å². The normalized spacial score (nSPS) is 25.4. The number of hydrogen-bond acceptors (Lipinski definition) is 3. The standard InChI is InChI=1S/C22H33N3O/c1-19-8-5-6-12-21(19)23-22(26)18-25-16-14-24(15-17-25)13-7-11-20-9-3-2-4-10-20/h2-4,7,9-11,19,21H,5-6,8,12-18H2,1H3,(H,23,26)/b11-7+. The van der Waals surface area contributed by atoms with Crippen LogP contribution in [0.4, 0.5) is 0 Å². The molecule has 1 aliphatic carbocycles. The highest BCUT2D eigenvalue weighted by atomic mass is 16.2. The van der Waals surface area contributed by atoms with E-state index in [1.54, 1.807) is 0 Å². The Morgan fingerprint density at radius 3 is 2.50 bits per heavy atom. The van der Waals surface area contributed by atoms with Gasteiger partial charge in [-0.05, 0) is 24.3 Å². The number of carbonyl (C=O) groups excluding carboxylic acids is 1. The van der Waals surface area contributed by atoms with E-state index in [1.807, 2.05) is 6.07 Å². The molecule has 1 aromatic carbocycles. The zero-order valence-corrected chi connectivity index (χ0v) is 16.1. The molecular formula is C22H33N3O. The first kappa shape index (κ1) is 19.1. The summed E-state index contributed by atoms with van der Waals surface area (Å²) in [5.74, 6) is 0.835. The summed E-state index contributed by atoms with van der Waals surface area (Å²) in [5, 5.41) is 3.27. The van der Waals surface area contributed by atoms with Gasteiger partial charge in [0.05, 0.1) is 6.54 Å². The lowest BCUT2D eigenvalue weighted by atomic mass is 9.86. The van der Waals surface area contributed by atoms with E-state index in [4.69, 9.17) is 0 Å². The minimum absolute atomic E-state index is 0.209. The molecule has 4 heteroatoms. The summed E-state index contributed by atoms with van der Waals surface area (Å²) in [6.07, 6.45) is 9.39. The van der Waals surface area contributed by atoms with Crippen molar-refractivity contribution in [2.45, 2.75) is 38.6 Å². The molecular weight excluding hydrogens is 322 g/mol. The van der Waals surface area contributed by atoms with E-state index in [9.17, 15) is 4.79 Å². The zero-order chi connectivity index (χ0) is 18.2. The number of nitrogens with zero attached hydrogens (tertiary/aromatic N) is 2. The number of nitrogens with one attached hydrogen (secondary N) is 1. The zero-order valence-electron chi connectivity index (χ0n) is 16.1. The van der Waals surface area contributed by atoms with Gasteiger partial charge in [0.1, 0.15) is 0 Å². The Balaban J connectivity index is 1.34. The SMILES string of the molecule is CC1CCCCC1NC(=O)CN1CCN(C/C=C/c2ccccc2)CC1. The van der Waals surface area contributed by atoms with Crippen molar-refractivity contribution in [2.75, 3.05) is 39.3 Å². The minimum Gasteiger partial charge on any atom is -0.352 e. The maximum Gasteiger partial charge on any atom is 0.234 e. The lowest BCUT2D eigenvalue weighted by Crippen LogP contribution is -2.51. The predicted molar refractivity (Wildman–Crippen MR) is 108 cm³/mol. The fourth-order valence-electron chi connectivity index (χ4n) is 4.02. The van der Waals surface area contributed by atoms with Crippen LogP contribution in [-0.4, -0.2) is 61.0 Å². The van der Waals surface area contributed by atoms with Crippen LogP contribution in [-0.2, 0) is 4.79 Å². The minimum atomic E-state index is 0.209. The van der Waals surface area contributed by atoms with Gasteiger partial charge in [-0.2, -0.15) is 0 Å². The van der Waals surface area contributed by atoms with Gasteiger partial charge in [-0.15, -0.1) is 0 Å². The molecule has 2 unspecified atom stereocenters. The number of carbonyl (C=O) groups is 1. The molecule has 2 aliphatic rings. The average molecular weight is 356 g/mol. The highest BCUT2D eigenvalue weighted by Gasteiger charge is 2.24. The maximum absolute atomic E-state index is 12.4. The molecule has 1 saturated heterocycles. The van der Waals surface area contributed by atoms with E-state index in [0.717, 1.165) is 39.1 Å². The van der Waals surface area contributed by atoms with E-state index in [0.29, 0.717) is 18.5 Å². The number of hydrogen-bond donors (Lipinski definition) is 1. The summed E-state index contributed by atoms with van der Waals surface area (Å²) in [4.78, 5) is 17.1. The van der Waals surface area contributed by atoms with Crippen LogP contribution in [0, 0.1) is 5.92 Å². The van der Waals surface area contributed by atoms with Crippen molar-refractivity contribution in [1.82, 2.24) is 15.1 Å². The fraction of sp³-hybridized carbons (Fsp3) is 0.591. The van der Waals surface area contributed by atoms with Gasteiger partial charge in [0.2, 0.25) is 5.91 Å². The number of rotatable bonds is 6. The Labute approximate surface area is 158 Å². The van der Waals surface area contributed by atoms with Crippen molar-refractivity contribution in [2.24, 2.45) is 5.92 Å². The van der Waals surface area contributed by atoms with Gasteiger partial charge in [0.15, 0.2) is 0 Å². The van der Waals surface area contributed by atoms with Crippen LogP contribution in [0.15, 0.2) is 36.4 Å². The molecule has 2 atom stereocenters. The van der Waals surface area contributed by atoms with Gasteiger partial charge >= 0.3 is 0 Å². The molecule has 2 fully saturated rings. The summed E-state index contributed by atoms with van der Waals surface area (Å²) in [5.41, 5.74) is 1.25. The number of piperazine rings is 1. The molecule has 142 valence electrons. The molecule has 0 radical (unpaired) electrons. The summed E-state index contributed by atoms with van der Waals surface area (Å²) in [6.45, 7) is 7.83. The second-order valence-corrected chi connectivity index (χ2v) is 7.83. The third-order valence-corrected chi connectivity index (χ3v) is 5.76. The van der Waals surface area contributed by atoms with Gasteiger partial charge in [0.25, 0.3) is 0 Å². The van der Waals surface area contributed by atoms with Crippen LogP contribution in [0.25, 0.3) is 6.08 Å². The molecule has 0 aromatic heterocycles. The third-order valence-electron chi connectivity index (χ3n) is 5.76. The summed E-state index contributed by atoms with van der Waals surface area (Å²) >= 11 is 0. The quantitative estimate of drug-likeness (QED) is 0.852. The Bertz CT molecular complexity index is 578. The average Bonchev–Trinajstić information content (AvgIpc) is 2.66. The Hall–Kier alpha value is -1.65. The molecule has 26 heavy (non-hydrogen) atoms. The molecule has 0 bridgehead atoms. The van der Waals surface area contributed by atoms with Crippen molar-refractivity contribution in [3.05, 3.63) is 42.0 Å². The second-order valence-electron chi connectivity index (χ2n) is 7.83. The number of benzene rings is 1. The molecule has 4 nitrogen and oxygen atoms in total. The molecule has 1 saturated carbocycles. The van der Waals surface area contributed by atoms with Crippen molar-refractivity contribution < 1.29 is 4.79 Å². The predicted octanol–water partition coefficient (Wildman–Crippen LogP) is 3.01. The van der Waals surface area contributed by atoms with E-state index in [1.165, 1.54) is 24.8 Å². The van der Waals surface area contributed by atoms with Crippen molar-refractivity contribution in [3.8, 4) is 0 Å². The van der Waals surface area contributed by atoms with Gasteiger partial charge < -0.3 is 5.32 Å². The summed E-state index contributed by atoms with van der Waals surface area (Å²) in [6, 6.07) is 10.8. The molecule has 1 aromatic rings. The lowest BCUT2D eigenvalue weighted by molar-refractivity contribution is -0.123. The van der Waals surface area contributed by atoms with E-state index < -0.39 is 0 Å². The van der Waals surface area contributed by atoms with E-state index >= 15 is 0 Å². The topological polar surface area (TPSA) is 35.6 Å². The first-order chi connectivity index (χ1) is 12.7. The van der Waals surface area contributed by atoms with Gasteiger partial charge in [-0.3, -0.25) is 14.6 Å². The lowest BCUT2D eigenvalue weighted by Gasteiger charge is -2.35. The third kappa shape index (κ3) is 5.96. The molecule has 1 amide bonds. The van der Waals surface area contributed by atoms with Gasteiger partial charge in [-0.25, -0.2) is 0 Å². The first-order valence-corrected chi connectivity index (χ1v) is 10.2. The first-order valence-electron chi connectivity index (χ1n) is 10.2. The summed E-state index contributed by atoms with van der Waals surface area (Å²) < 4.78 is 0. The van der Waals surface area contributed by atoms with Gasteiger partial charge in [-0.1, -0.05) is 62.2 Å². The second kappa shape index (κ2) is 9.89. The summed E-state index contributed by atoms with van der Waals surface area (Å²) in [7, 11) is 0. The van der Waals surface area contributed by atoms with E-state index in [-0.39, 0.29) is 5.91 Å². The molecule has 3 rings (SSSR count). The van der Waals surface area contributed by atoms with Crippen LogP contribution in [0.1, 0.15) is 38.2 Å². The van der Waals surface area contributed by atoms with Crippen LogP contribution < -0.4 is 5.32 Å². The van der Waals surface area contributed by atoms with Gasteiger partial charge in [0, 0.05) is 38.8 Å². The molecule has 1 heterocycles. The fourth-order valence-corrected chi connectivity index (χ4v) is 4.02. The van der Waals surface area contributed by atoms with E-state index in [2.05, 4.69) is 58.5 Å². The molecule has 0 spiro atoms. The smallest absolute Gasteiger partial charge is 0.234 e. The highest BCUT2D eigenvalue weighted by Crippen LogP contribution is 2.23. The molecule has 1 N–H and O–H groups in total. The van der Waals surface area contributed by atoms with Crippen LogP contribution in [0.2, 0.25) is 0 Å². The maximum atomic E-state index is 12.4. The Morgan fingerprint density at radius 1 is 1.08 bits per heavy atom. The molecule has 1 aliphatic heterocycles. The van der Waals surface area contributed by atoms with Crippen molar-refractivity contribution >= 4 is 12.0 Å². The highest BCUT2D eigenvalue weighted by molar-refractivity contribution is 5.78. The van der Waals surface area contributed by atoms with Crippen LogP contribution >= 0.6 is 0 Å². The van der Waals surface area contributed by atoms with Crippen LogP contribution in [0.3, 0.4) is 0 Å². The number of amides is 1. The largest absolute Gasteiger partial charge is 0.352 e. The van der Waals surface area contributed by atoms with Crippen molar-refractivity contribution in [1.29, 1.82) is 0 Å². The Kier molecular flexibility index (Phi) is 7.27. The Morgan fingerprint density at radius 2 is 1.77 bits per heavy atom. The van der Waals surface area contributed by atoms with Crippen molar-refractivity contribution in [3.63, 3.8) is 0 Å². The monoisotopic (exact) mass is 355 g/mol.